The van der Waals surface area contributed by atoms with Crippen LogP contribution < -0.4 is 0 Å². The highest BCUT2D eigenvalue weighted by atomic mass is 35.5. The number of hydrogen-bond donors (Lipinski definition) is 0. The third-order valence-corrected chi connectivity index (χ3v) is 0.498. The fourth-order valence-corrected chi connectivity index (χ4v) is 0.351. The Labute approximate surface area is 79.0 Å². The van der Waals surface area contributed by atoms with Gasteiger partial charge in [0.25, 0.3) is 0 Å². The third-order valence-electron chi connectivity index (χ3n) is 0.498. The summed E-state index contributed by atoms with van der Waals surface area (Å²) in [4.78, 5) is 20.1. The summed E-state index contributed by atoms with van der Waals surface area (Å²) in [6.07, 6.45) is 0.0833. The van der Waals surface area contributed by atoms with Crippen LogP contribution in [0.15, 0.2) is 0 Å². The number of hydrogen-bond acceptors (Lipinski definition) is 2. The Morgan fingerprint density at radius 3 is 1.10 bits per heavy atom. The monoisotopic (exact) mass is 208 g/mol. The minimum Gasteiger partial charge on any atom is -0.300 e. The van der Waals surface area contributed by atoms with Crippen molar-refractivity contribution in [1.29, 1.82) is 0 Å². The van der Waals surface area contributed by atoms with Crippen LogP contribution in [-0.2, 0) is 9.59 Å². The molecule has 10 heavy (non-hydrogen) atoms. The summed E-state index contributed by atoms with van der Waals surface area (Å²) in [5.41, 5.74) is 0. The highest BCUT2D eigenvalue weighted by Gasteiger charge is 1.94. The Kier molecular flexibility index (Phi) is 26.8. The molecule has 2 nitrogen and oxygen atoms in total. The fraction of sp³-hybridized carbons (Fsp3) is 0.600. The molecule has 0 atom stereocenters. The van der Waals surface area contributed by atoms with Crippen LogP contribution in [0.3, 0.4) is 0 Å². The Morgan fingerprint density at radius 2 is 1.10 bits per heavy atom. The number of ketones is 2. The number of halogens is 3. The first-order valence-corrected chi connectivity index (χ1v) is 2.12. The van der Waals surface area contributed by atoms with Crippen LogP contribution in [0.1, 0.15) is 20.3 Å². The maximum atomic E-state index is 10.0. The molecule has 0 amide bonds. The second-order valence-corrected chi connectivity index (χ2v) is 1.58. The number of carbonyl (C=O) groups excluding carboxylic acids is 2. The molecule has 0 radical (unpaired) electrons. The van der Waals surface area contributed by atoms with Crippen molar-refractivity contribution in [3.63, 3.8) is 0 Å². The van der Waals surface area contributed by atoms with E-state index >= 15 is 0 Å². The smallest absolute Gasteiger partial charge is 0.137 e. The molecule has 0 aromatic rings. The van der Waals surface area contributed by atoms with Crippen molar-refractivity contribution < 1.29 is 9.59 Å². The summed E-state index contributed by atoms with van der Waals surface area (Å²) in [6.45, 7) is 2.81. The van der Waals surface area contributed by atoms with Crippen LogP contribution in [0.2, 0.25) is 0 Å². The molecular weight excluding hydrogens is 198 g/mol. The standard InChI is InChI=1S/C5H8O2.3ClH/c1-4(6)3-5(2)7;;;/h3H2,1-2H3;3*1H. The lowest BCUT2D eigenvalue weighted by Gasteiger charge is -1.81. The highest BCUT2D eigenvalue weighted by Crippen LogP contribution is 1.80. The zero-order valence-electron chi connectivity index (χ0n) is 5.75. The van der Waals surface area contributed by atoms with E-state index in [1.54, 1.807) is 0 Å². The van der Waals surface area contributed by atoms with Gasteiger partial charge < -0.3 is 0 Å². The quantitative estimate of drug-likeness (QED) is 0.650. The number of carbonyl (C=O) groups is 2. The maximum absolute atomic E-state index is 10.0. The minimum atomic E-state index is -0.0625. The van der Waals surface area contributed by atoms with E-state index in [1.807, 2.05) is 0 Å². The van der Waals surface area contributed by atoms with Gasteiger partial charge in [-0.15, -0.1) is 37.2 Å². The van der Waals surface area contributed by atoms with Crippen molar-refractivity contribution in [2.24, 2.45) is 0 Å². The normalized spacial score (nSPS) is 5.80. The summed E-state index contributed by atoms with van der Waals surface area (Å²) >= 11 is 0. The molecule has 0 rings (SSSR count). The third kappa shape index (κ3) is 24.1. The van der Waals surface area contributed by atoms with Crippen molar-refractivity contribution in [2.75, 3.05) is 0 Å². The highest BCUT2D eigenvalue weighted by molar-refractivity contribution is 5.96. The Morgan fingerprint density at radius 1 is 0.900 bits per heavy atom. The van der Waals surface area contributed by atoms with Gasteiger partial charge in [-0.2, -0.15) is 0 Å². The fourth-order valence-electron chi connectivity index (χ4n) is 0.351. The topological polar surface area (TPSA) is 34.1 Å². The largest absolute Gasteiger partial charge is 0.300 e. The predicted octanol–water partition coefficient (Wildman–Crippen LogP) is 1.82. The molecule has 64 valence electrons. The average Bonchev–Trinajstić information content (AvgIpc) is 1.27. The summed E-state index contributed by atoms with van der Waals surface area (Å²) in [7, 11) is 0. The van der Waals surface area contributed by atoms with Crippen molar-refractivity contribution in [3.8, 4) is 0 Å². The van der Waals surface area contributed by atoms with Crippen LogP contribution in [0, 0.1) is 0 Å². The van der Waals surface area contributed by atoms with E-state index in [0.717, 1.165) is 0 Å². The van der Waals surface area contributed by atoms with Crippen molar-refractivity contribution >= 4 is 48.8 Å². The van der Waals surface area contributed by atoms with Crippen LogP contribution in [-0.4, -0.2) is 11.6 Å². The van der Waals surface area contributed by atoms with Gasteiger partial charge in [-0.1, -0.05) is 0 Å². The van der Waals surface area contributed by atoms with E-state index < -0.39 is 0 Å². The van der Waals surface area contributed by atoms with Gasteiger partial charge in [0.2, 0.25) is 0 Å². The van der Waals surface area contributed by atoms with Gasteiger partial charge in [-0.05, 0) is 13.8 Å². The molecular formula is C5H11Cl3O2. The van der Waals surface area contributed by atoms with Crippen LogP contribution in [0.5, 0.6) is 0 Å². The average molecular weight is 210 g/mol. The number of rotatable bonds is 2. The number of Topliss-reactive ketones (excluding diaryl/α,β-unsaturated/α-hetero) is 2. The lowest BCUT2D eigenvalue weighted by atomic mass is 10.2. The van der Waals surface area contributed by atoms with Crippen LogP contribution in [0.25, 0.3) is 0 Å². The molecule has 0 aliphatic heterocycles. The van der Waals surface area contributed by atoms with Crippen molar-refractivity contribution in [3.05, 3.63) is 0 Å². The molecule has 0 bridgehead atoms. The van der Waals surface area contributed by atoms with Gasteiger partial charge >= 0.3 is 0 Å². The molecule has 0 aromatic carbocycles. The molecule has 0 aromatic heterocycles. The van der Waals surface area contributed by atoms with Crippen molar-refractivity contribution in [1.82, 2.24) is 0 Å². The zero-order chi connectivity index (χ0) is 5.86. The molecule has 0 saturated carbocycles. The second-order valence-electron chi connectivity index (χ2n) is 1.58. The van der Waals surface area contributed by atoms with E-state index in [0.29, 0.717) is 0 Å². The molecule has 5 heteroatoms. The van der Waals surface area contributed by atoms with E-state index in [1.165, 1.54) is 13.8 Å². The van der Waals surface area contributed by atoms with Gasteiger partial charge in [0.1, 0.15) is 11.6 Å². The molecule has 0 aliphatic rings. The van der Waals surface area contributed by atoms with Crippen LogP contribution >= 0.6 is 37.2 Å². The SMILES string of the molecule is CC(=O)CC(C)=O.Cl.Cl.Cl. The second kappa shape index (κ2) is 11.9. The van der Waals surface area contributed by atoms with E-state index in [4.69, 9.17) is 0 Å². The Bertz CT molecular complexity index is 91.1. The Balaban J connectivity index is -0.0000000600. The molecule has 0 fully saturated rings. The predicted molar refractivity (Wildman–Crippen MR) is 47.7 cm³/mol. The first-order valence-electron chi connectivity index (χ1n) is 2.12. The Hall–Kier alpha value is 0.210. The molecule has 0 heterocycles. The first-order chi connectivity index (χ1) is 3.13. The molecule has 0 N–H and O–H groups in total. The summed E-state index contributed by atoms with van der Waals surface area (Å²) in [5, 5.41) is 0. The summed E-state index contributed by atoms with van der Waals surface area (Å²) < 4.78 is 0. The lowest BCUT2D eigenvalue weighted by Crippen LogP contribution is -1.97. The minimum absolute atomic E-state index is 0. The van der Waals surface area contributed by atoms with E-state index in [2.05, 4.69) is 0 Å². The molecule has 0 spiro atoms. The van der Waals surface area contributed by atoms with Gasteiger partial charge in [-0.25, -0.2) is 0 Å². The lowest BCUT2D eigenvalue weighted by molar-refractivity contribution is -0.124. The van der Waals surface area contributed by atoms with E-state index in [9.17, 15) is 9.59 Å². The summed E-state index contributed by atoms with van der Waals surface area (Å²) in [6, 6.07) is 0. The zero-order valence-corrected chi connectivity index (χ0v) is 8.20. The van der Waals surface area contributed by atoms with Gasteiger partial charge in [0.05, 0.1) is 6.42 Å². The van der Waals surface area contributed by atoms with Crippen molar-refractivity contribution in [2.45, 2.75) is 20.3 Å². The van der Waals surface area contributed by atoms with E-state index in [-0.39, 0.29) is 55.2 Å². The van der Waals surface area contributed by atoms with Gasteiger partial charge in [-0.3, -0.25) is 9.59 Å². The molecule has 0 aliphatic carbocycles. The first kappa shape index (κ1) is 22.5. The van der Waals surface area contributed by atoms with Gasteiger partial charge in [0.15, 0.2) is 0 Å². The van der Waals surface area contributed by atoms with Crippen LogP contribution in [0.4, 0.5) is 0 Å². The molecule has 0 saturated heterocycles. The molecule has 0 unspecified atom stereocenters. The maximum Gasteiger partial charge on any atom is 0.137 e. The summed E-state index contributed by atoms with van der Waals surface area (Å²) in [5.74, 6) is -0.125. The van der Waals surface area contributed by atoms with Gasteiger partial charge in [0, 0.05) is 0 Å².